The first-order valence-electron chi connectivity index (χ1n) is 10.5. The lowest BCUT2D eigenvalue weighted by atomic mass is 10.1. The number of halogens is 3. The second-order valence-electron chi connectivity index (χ2n) is 8.11. The lowest BCUT2D eigenvalue weighted by molar-refractivity contribution is -0.136. The largest absolute Gasteiger partial charge is 0.417 e. The Morgan fingerprint density at radius 2 is 1.94 bits per heavy atom. The molecule has 1 N–H and O–H groups in total. The first kappa shape index (κ1) is 21.1. The van der Waals surface area contributed by atoms with E-state index in [9.17, 15) is 18.0 Å². The van der Waals surface area contributed by atoms with E-state index in [4.69, 9.17) is 0 Å². The van der Waals surface area contributed by atoms with E-state index in [-0.39, 0.29) is 35.1 Å². The van der Waals surface area contributed by atoms with Crippen LogP contribution in [0.3, 0.4) is 0 Å². The van der Waals surface area contributed by atoms with Crippen molar-refractivity contribution in [3.05, 3.63) is 65.2 Å². The van der Waals surface area contributed by atoms with Crippen LogP contribution in [0.1, 0.15) is 41.3 Å². The van der Waals surface area contributed by atoms with Crippen molar-refractivity contribution in [2.75, 3.05) is 5.32 Å². The third-order valence-corrected chi connectivity index (χ3v) is 5.47. The molecule has 0 saturated heterocycles. The van der Waals surface area contributed by atoms with Gasteiger partial charge in [0.15, 0.2) is 5.65 Å². The van der Waals surface area contributed by atoms with E-state index < -0.39 is 17.6 Å². The van der Waals surface area contributed by atoms with E-state index in [0.717, 1.165) is 24.5 Å². The van der Waals surface area contributed by atoms with Crippen LogP contribution in [0.5, 0.6) is 0 Å². The summed E-state index contributed by atoms with van der Waals surface area (Å²) in [6.45, 7) is 1.66. The number of nitrogens with one attached hydrogen (secondary N) is 1. The number of carbonyl (C=O) groups is 1. The highest BCUT2D eigenvalue weighted by molar-refractivity contribution is 5.90. The summed E-state index contributed by atoms with van der Waals surface area (Å²) in [5.41, 5.74) is 0.876. The van der Waals surface area contributed by atoms with Crippen LogP contribution < -0.4 is 5.32 Å². The minimum Gasteiger partial charge on any atom is -0.292 e. The van der Waals surface area contributed by atoms with Gasteiger partial charge in [0.05, 0.1) is 23.2 Å². The van der Waals surface area contributed by atoms with Gasteiger partial charge in [-0.15, -0.1) is 5.10 Å². The number of fused-ring (bicyclic) bond motifs is 1. The van der Waals surface area contributed by atoms with E-state index in [1.54, 1.807) is 4.68 Å². The predicted octanol–water partition coefficient (Wildman–Crippen LogP) is 3.91. The zero-order valence-electron chi connectivity index (χ0n) is 17.7. The van der Waals surface area contributed by atoms with Gasteiger partial charge in [0, 0.05) is 11.6 Å². The Hall–Kier alpha value is -3.76. The molecule has 4 aromatic rings. The van der Waals surface area contributed by atoms with Gasteiger partial charge in [0.2, 0.25) is 11.9 Å². The molecule has 1 fully saturated rings. The van der Waals surface area contributed by atoms with Gasteiger partial charge in [-0.3, -0.25) is 10.1 Å². The molecule has 170 valence electrons. The molecule has 1 aromatic carbocycles. The molecule has 0 aliphatic heterocycles. The fraction of sp³-hybridized carbons (Fsp3) is 0.318. The molecule has 0 bridgehead atoms. The summed E-state index contributed by atoms with van der Waals surface area (Å²) in [6, 6.07) is 10.8. The Morgan fingerprint density at radius 3 is 2.64 bits per heavy atom. The maximum Gasteiger partial charge on any atom is 0.417 e. The number of amides is 1. The lowest BCUT2D eigenvalue weighted by Crippen LogP contribution is -2.21. The van der Waals surface area contributed by atoms with Crippen molar-refractivity contribution in [3.63, 3.8) is 0 Å². The molecule has 1 saturated carbocycles. The van der Waals surface area contributed by atoms with Crippen molar-refractivity contribution in [2.45, 2.75) is 44.9 Å². The maximum atomic E-state index is 13.7. The minimum atomic E-state index is -4.54. The molecular weight excluding hydrogens is 435 g/mol. The van der Waals surface area contributed by atoms with Crippen LogP contribution in [0.25, 0.3) is 11.0 Å². The Morgan fingerprint density at radius 1 is 1.18 bits per heavy atom. The fourth-order valence-corrected chi connectivity index (χ4v) is 3.79. The molecule has 3 aromatic heterocycles. The molecule has 33 heavy (non-hydrogen) atoms. The highest BCUT2D eigenvalue weighted by Gasteiger charge is 2.37. The Balaban J connectivity index is 1.37. The highest BCUT2D eigenvalue weighted by atomic mass is 19.4. The van der Waals surface area contributed by atoms with E-state index in [1.807, 2.05) is 30.3 Å². The van der Waals surface area contributed by atoms with Crippen molar-refractivity contribution < 1.29 is 18.0 Å². The van der Waals surface area contributed by atoms with Crippen LogP contribution >= 0.6 is 0 Å². The van der Waals surface area contributed by atoms with Crippen molar-refractivity contribution in [1.82, 2.24) is 29.5 Å². The SMILES string of the molecule is Cc1nn(CC(=O)Nc2ncn(Cc3ccccc3)n2)c2nc(C3CC3)cc(C(F)(F)F)c12. The number of rotatable bonds is 6. The van der Waals surface area contributed by atoms with Crippen LogP contribution in [0.4, 0.5) is 19.1 Å². The molecule has 5 rings (SSSR count). The number of anilines is 1. The number of hydrogen-bond acceptors (Lipinski definition) is 5. The average molecular weight is 455 g/mol. The normalized spacial score (nSPS) is 14.1. The zero-order valence-corrected chi connectivity index (χ0v) is 17.7. The standard InChI is InChI=1S/C22H20F3N7O/c1-13-19-16(22(23,24)25)9-17(15-7-8-15)27-20(19)32(29-13)11-18(33)28-21-26-12-31(30-21)10-14-5-3-2-4-6-14/h2-6,9,12,15H,7-8,10-11H2,1H3,(H,28,30,33). The van der Waals surface area contributed by atoms with Crippen molar-refractivity contribution in [1.29, 1.82) is 0 Å². The molecule has 0 unspecified atom stereocenters. The Labute approximate surface area is 186 Å². The topological polar surface area (TPSA) is 90.5 Å². The van der Waals surface area contributed by atoms with Crippen molar-refractivity contribution in [3.8, 4) is 0 Å². The van der Waals surface area contributed by atoms with Crippen molar-refractivity contribution >= 4 is 22.9 Å². The second kappa shape index (κ2) is 7.98. The molecule has 8 nitrogen and oxygen atoms in total. The second-order valence-corrected chi connectivity index (χ2v) is 8.11. The molecule has 3 heterocycles. The highest BCUT2D eigenvalue weighted by Crippen LogP contribution is 2.43. The van der Waals surface area contributed by atoms with Gasteiger partial charge >= 0.3 is 6.18 Å². The summed E-state index contributed by atoms with van der Waals surface area (Å²) in [7, 11) is 0. The summed E-state index contributed by atoms with van der Waals surface area (Å²) in [4.78, 5) is 21.1. The summed E-state index contributed by atoms with van der Waals surface area (Å²) in [5.74, 6) is -0.387. The molecule has 0 atom stereocenters. The summed E-state index contributed by atoms with van der Waals surface area (Å²) >= 11 is 0. The number of aromatic nitrogens is 6. The number of aryl methyl sites for hydroxylation is 1. The van der Waals surface area contributed by atoms with Gasteiger partial charge < -0.3 is 0 Å². The lowest BCUT2D eigenvalue weighted by Gasteiger charge is -2.11. The van der Waals surface area contributed by atoms with Gasteiger partial charge in [-0.05, 0) is 31.4 Å². The van der Waals surface area contributed by atoms with E-state index >= 15 is 0 Å². The van der Waals surface area contributed by atoms with Gasteiger partial charge in [0.1, 0.15) is 12.9 Å². The van der Waals surface area contributed by atoms with Crippen molar-refractivity contribution in [2.24, 2.45) is 0 Å². The van der Waals surface area contributed by atoms with E-state index in [1.165, 1.54) is 17.9 Å². The predicted molar refractivity (Wildman–Crippen MR) is 113 cm³/mol. The Bertz CT molecular complexity index is 1320. The molecular formula is C22H20F3N7O. The fourth-order valence-electron chi connectivity index (χ4n) is 3.79. The molecule has 0 spiro atoms. The number of alkyl halides is 3. The van der Waals surface area contributed by atoms with E-state index in [2.05, 4.69) is 25.5 Å². The Kier molecular flexibility index (Phi) is 5.10. The van der Waals surface area contributed by atoms with Crippen LogP contribution in [0, 0.1) is 6.92 Å². The smallest absolute Gasteiger partial charge is 0.292 e. The molecule has 0 radical (unpaired) electrons. The minimum absolute atomic E-state index is 0.0192. The summed E-state index contributed by atoms with van der Waals surface area (Å²) in [5, 5.41) is 10.9. The number of nitrogens with zero attached hydrogens (tertiary/aromatic N) is 6. The number of carbonyl (C=O) groups excluding carboxylic acids is 1. The van der Waals surface area contributed by atoms with E-state index in [0.29, 0.717) is 12.2 Å². The first-order chi connectivity index (χ1) is 15.8. The number of hydrogen-bond donors (Lipinski definition) is 1. The maximum absolute atomic E-state index is 13.7. The zero-order chi connectivity index (χ0) is 23.2. The molecule has 1 amide bonds. The van der Waals surface area contributed by atoms with Crippen LogP contribution in [-0.4, -0.2) is 35.4 Å². The van der Waals surface area contributed by atoms with Gasteiger partial charge in [-0.2, -0.15) is 18.3 Å². The van der Waals surface area contributed by atoms with Gasteiger partial charge in [-0.1, -0.05) is 30.3 Å². The summed E-state index contributed by atoms with van der Waals surface area (Å²) in [6.07, 6.45) is -1.43. The van der Waals surface area contributed by atoms with Crippen LogP contribution in [0.2, 0.25) is 0 Å². The summed E-state index contributed by atoms with van der Waals surface area (Å²) < 4.78 is 43.9. The monoisotopic (exact) mass is 455 g/mol. The molecule has 11 heteroatoms. The quantitative estimate of drug-likeness (QED) is 0.476. The molecule has 1 aliphatic carbocycles. The van der Waals surface area contributed by atoms with Crippen LogP contribution in [0.15, 0.2) is 42.7 Å². The van der Waals surface area contributed by atoms with Crippen LogP contribution in [-0.2, 0) is 24.1 Å². The third-order valence-electron chi connectivity index (χ3n) is 5.47. The average Bonchev–Trinajstić information content (AvgIpc) is 3.46. The first-order valence-corrected chi connectivity index (χ1v) is 10.5. The number of pyridine rings is 1. The number of benzene rings is 1. The molecule has 1 aliphatic rings. The van der Waals surface area contributed by atoms with Gasteiger partial charge in [0.25, 0.3) is 0 Å². The van der Waals surface area contributed by atoms with Gasteiger partial charge in [-0.25, -0.2) is 19.3 Å². The third kappa shape index (κ3) is 4.43.